The van der Waals surface area contributed by atoms with E-state index in [0.717, 1.165) is 5.56 Å². The highest BCUT2D eigenvalue weighted by Crippen LogP contribution is 2.28. The Hall–Kier alpha value is -3.42. The molecule has 0 aromatic heterocycles. The van der Waals surface area contributed by atoms with E-state index in [4.69, 9.17) is 14.2 Å². The van der Waals surface area contributed by atoms with Crippen molar-refractivity contribution in [3.63, 3.8) is 0 Å². The Balaban J connectivity index is 1.45. The summed E-state index contributed by atoms with van der Waals surface area (Å²) in [5, 5.41) is 9.35. The van der Waals surface area contributed by atoms with Crippen LogP contribution in [0.2, 0.25) is 0 Å². The SMILES string of the molecule is COc1ccc(CCC(=O)N2CCN(C(=O)C(C)Oc3ccc(O)cc3)CC2)cc1OC. The van der Waals surface area contributed by atoms with Crippen molar-refractivity contribution in [3.8, 4) is 23.0 Å². The summed E-state index contributed by atoms with van der Waals surface area (Å²) >= 11 is 0. The number of hydrogen-bond acceptors (Lipinski definition) is 6. The number of ether oxygens (including phenoxy) is 3. The first-order valence-corrected chi connectivity index (χ1v) is 10.6. The lowest BCUT2D eigenvalue weighted by Gasteiger charge is -2.36. The fraction of sp³-hybridized carbons (Fsp3) is 0.417. The molecule has 0 spiro atoms. The van der Waals surface area contributed by atoms with E-state index in [9.17, 15) is 14.7 Å². The number of phenolic OH excluding ortho intramolecular Hbond substituents is 1. The lowest BCUT2D eigenvalue weighted by atomic mass is 10.1. The van der Waals surface area contributed by atoms with Gasteiger partial charge in [0.25, 0.3) is 5.91 Å². The third-order valence-corrected chi connectivity index (χ3v) is 5.52. The molecule has 1 unspecified atom stereocenters. The van der Waals surface area contributed by atoms with Gasteiger partial charge < -0.3 is 29.1 Å². The van der Waals surface area contributed by atoms with Crippen molar-refractivity contribution in [2.24, 2.45) is 0 Å². The van der Waals surface area contributed by atoms with Crippen LogP contribution in [0.5, 0.6) is 23.0 Å². The Kier molecular flexibility index (Phi) is 7.81. The molecule has 1 aliphatic heterocycles. The van der Waals surface area contributed by atoms with Crippen LogP contribution in [0.25, 0.3) is 0 Å². The summed E-state index contributed by atoms with van der Waals surface area (Å²) in [4.78, 5) is 28.9. The first-order chi connectivity index (χ1) is 15.4. The molecule has 1 aliphatic rings. The summed E-state index contributed by atoms with van der Waals surface area (Å²) < 4.78 is 16.2. The predicted molar refractivity (Wildman–Crippen MR) is 119 cm³/mol. The third kappa shape index (κ3) is 5.84. The number of amides is 2. The monoisotopic (exact) mass is 442 g/mol. The summed E-state index contributed by atoms with van der Waals surface area (Å²) in [6, 6.07) is 11.9. The predicted octanol–water partition coefficient (Wildman–Crippen LogP) is 2.48. The third-order valence-electron chi connectivity index (χ3n) is 5.52. The Morgan fingerprint density at radius 2 is 1.56 bits per heavy atom. The van der Waals surface area contributed by atoms with Gasteiger partial charge in [0.1, 0.15) is 11.5 Å². The van der Waals surface area contributed by atoms with Gasteiger partial charge in [0.15, 0.2) is 17.6 Å². The van der Waals surface area contributed by atoms with Crippen LogP contribution in [0.15, 0.2) is 42.5 Å². The van der Waals surface area contributed by atoms with Crippen molar-refractivity contribution < 1.29 is 28.9 Å². The summed E-state index contributed by atoms with van der Waals surface area (Å²) in [6.07, 6.45) is 0.353. The Morgan fingerprint density at radius 1 is 0.938 bits per heavy atom. The van der Waals surface area contributed by atoms with E-state index in [-0.39, 0.29) is 17.6 Å². The van der Waals surface area contributed by atoms with Gasteiger partial charge in [-0.3, -0.25) is 9.59 Å². The Labute approximate surface area is 188 Å². The van der Waals surface area contributed by atoms with Gasteiger partial charge in [-0.25, -0.2) is 0 Å². The molecule has 0 radical (unpaired) electrons. The largest absolute Gasteiger partial charge is 0.508 e. The first-order valence-electron chi connectivity index (χ1n) is 10.6. The number of carbonyl (C=O) groups is 2. The van der Waals surface area contributed by atoms with E-state index in [1.807, 2.05) is 18.2 Å². The fourth-order valence-corrected chi connectivity index (χ4v) is 3.66. The zero-order valence-corrected chi connectivity index (χ0v) is 18.7. The van der Waals surface area contributed by atoms with Crippen molar-refractivity contribution in [1.29, 1.82) is 0 Å². The van der Waals surface area contributed by atoms with E-state index in [1.165, 1.54) is 12.1 Å². The number of hydrogen-bond donors (Lipinski definition) is 1. The number of rotatable bonds is 8. The number of aromatic hydroxyl groups is 1. The Morgan fingerprint density at radius 3 is 2.19 bits per heavy atom. The number of benzene rings is 2. The van der Waals surface area contributed by atoms with Gasteiger partial charge in [-0.15, -0.1) is 0 Å². The second-order valence-electron chi connectivity index (χ2n) is 7.65. The van der Waals surface area contributed by atoms with Crippen molar-refractivity contribution in [2.45, 2.75) is 25.9 Å². The summed E-state index contributed by atoms with van der Waals surface area (Å²) in [6.45, 7) is 3.66. The summed E-state index contributed by atoms with van der Waals surface area (Å²) in [5.74, 6) is 1.92. The maximum atomic E-state index is 12.7. The van der Waals surface area contributed by atoms with Crippen LogP contribution in [0.3, 0.4) is 0 Å². The van der Waals surface area contributed by atoms with Gasteiger partial charge in [-0.05, 0) is 55.3 Å². The lowest BCUT2D eigenvalue weighted by molar-refractivity contribution is -0.143. The van der Waals surface area contributed by atoms with Crippen molar-refractivity contribution in [1.82, 2.24) is 9.80 Å². The number of aryl methyl sites for hydroxylation is 1. The van der Waals surface area contributed by atoms with E-state index < -0.39 is 6.10 Å². The average molecular weight is 443 g/mol. The topological polar surface area (TPSA) is 88.5 Å². The van der Waals surface area contributed by atoms with E-state index in [0.29, 0.717) is 56.3 Å². The molecule has 8 nitrogen and oxygen atoms in total. The zero-order chi connectivity index (χ0) is 23.1. The van der Waals surface area contributed by atoms with Crippen molar-refractivity contribution in [3.05, 3.63) is 48.0 Å². The van der Waals surface area contributed by atoms with Gasteiger partial charge in [0.2, 0.25) is 5.91 Å². The molecule has 1 saturated heterocycles. The number of carbonyl (C=O) groups excluding carboxylic acids is 2. The molecule has 0 bridgehead atoms. The second-order valence-corrected chi connectivity index (χ2v) is 7.65. The molecule has 8 heteroatoms. The molecule has 0 aliphatic carbocycles. The molecule has 0 saturated carbocycles. The average Bonchev–Trinajstić information content (AvgIpc) is 2.83. The molecule has 1 heterocycles. The van der Waals surface area contributed by atoms with Crippen molar-refractivity contribution >= 4 is 11.8 Å². The quantitative estimate of drug-likeness (QED) is 0.676. The highest BCUT2D eigenvalue weighted by Gasteiger charge is 2.27. The van der Waals surface area contributed by atoms with Gasteiger partial charge in [0, 0.05) is 32.6 Å². The normalized spacial score (nSPS) is 14.6. The highest BCUT2D eigenvalue weighted by atomic mass is 16.5. The number of nitrogens with zero attached hydrogens (tertiary/aromatic N) is 2. The molecular weight excluding hydrogens is 412 g/mol. The van der Waals surface area contributed by atoms with Crippen molar-refractivity contribution in [2.75, 3.05) is 40.4 Å². The van der Waals surface area contributed by atoms with Crippen LogP contribution >= 0.6 is 0 Å². The maximum absolute atomic E-state index is 12.7. The van der Waals surface area contributed by atoms with Gasteiger partial charge in [-0.1, -0.05) is 6.07 Å². The number of methoxy groups -OCH3 is 2. The van der Waals surface area contributed by atoms with Crippen LogP contribution in [-0.4, -0.2) is 73.2 Å². The van der Waals surface area contributed by atoms with Crippen LogP contribution < -0.4 is 14.2 Å². The smallest absolute Gasteiger partial charge is 0.263 e. The fourth-order valence-electron chi connectivity index (χ4n) is 3.66. The molecule has 2 amide bonds. The number of piperazine rings is 1. The van der Waals surface area contributed by atoms with Crippen LogP contribution in [0.1, 0.15) is 18.9 Å². The standard InChI is InChI=1S/C24H30N2O6/c1-17(32-20-8-6-19(27)7-9-20)24(29)26-14-12-25(13-15-26)23(28)11-5-18-4-10-21(30-2)22(16-18)31-3/h4,6-10,16-17,27H,5,11-15H2,1-3H3. The minimum absolute atomic E-state index is 0.0697. The molecule has 2 aromatic carbocycles. The van der Waals surface area contributed by atoms with Gasteiger partial charge in [-0.2, -0.15) is 0 Å². The second kappa shape index (κ2) is 10.7. The van der Waals surface area contributed by atoms with Crippen LogP contribution in [0, 0.1) is 0 Å². The molecule has 32 heavy (non-hydrogen) atoms. The van der Waals surface area contributed by atoms with Crippen LogP contribution in [0.4, 0.5) is 0 Å². The molecule has 1 atom stereocenters. The Bertz CT molecular complexity index is 923. The molecular formula is C24H30N2O6. The van der Waals surface area contributed by atoms with E-state index >= 15 is 0 Å². The molecule has 3 rings (SSSR count). The summed E-state index contributed by atoms with van der Waals surface area (Å²) in [5.41, 5.74) is 1.00. The van der Waals surface area contributed by atoms with E-state index in [1.54, 1.807) is 43.1 Å². The summed E-state index contributed by atoms with van der Waals surface area (Å²) in [7, 11) is 3.18. The van der Waals surface area contributed by atoms with E-state index in [2.05, 4.69) is 0 Å². The number of phenols is 1. The highest BCUT2D eigenvalue weighted by molar-refractivity contribution is 5.81. The first kappa shape index (κ1) is 23.2. The molecule has 172 valence electrons. The lowest BCUT2D eigenvalue weighted by Crippen LogP contribution is -2.53. The molecule has 1 fully saturated rings. The van der Waals surface area contributed by atoms with Gasteiger partial charge in [0.05, 0.1) is 14.2 Å². The molecule has 1 N–H and O–H groups in total. The maximum Gasteiger partial charge on any atom is 0.263 e. The molecule has 2 aromatic rings. The minimum atomic E-state index is -0.646. The zero-order valence-electron chi connectivity index (χ0n) is 18.7. The minimum Gasteiger partial charge on any atom is -0.508 e. The van der Waals surface area contributed by atoms with Crippen LogP contribution in [-0.2, 0) is 16.0 Å². The van der Waals surface area contributed by atoms with Gasteiger partial charge >= 0.3 is 0 Å².